The Morgan fingerprint density at radius 1 is 1.03 bits per heavy atom. The summed E-state index contributed by atoms with van der Waals surface area (Å²) in [6.45, 7) is 6.22. The van der Waals surface area contributed by atoms with Crippen LogP contribution < -0.4 is 4.74 Å². The minimum Gasteiger partial charge on any atom is -0.494 e. The molecule has 4 rings (SSSR count). The highest BCUT2D eigenvalue weighted by Crippen LogP contribution is 2.31. The Hall–Kier alpha value is -3.65. The predicted molar refractivity (Wildman–Crippen MR) is 137 cm³/mol. The second-order valence-corrected chi connectivity index (χ2v) is 9.08. The van der Waals surface area contributed by atoms with Crippen molar-refractivity contribution in [3.63, 3.8) is 0 Å². The topological polar surface area (TPSA) is 82.9 Å². The first-order chi connectivity index (χ1) is 17.5. The molecule has 0 aliphatic carbocycles. The minimum atomic E-state index is -0.683. The summed E-state index contributed by atoms with van der Waals surface area (Å²) in [5.74, 6) is 0.0715. The number of rotatable bonds is 9. The van der Waals surface area contributed by atoms with Crippen LogP contribution in [0, 0.1) is 5.92 Å². The van der Waals surface area contributed by atoms with Crippen LogP contribution in [0.15, 0.2) is 54.6 Å². The van der Waals surface area contributed by atoms with E-state index in [0.717, 1.165) is 32.0 Å². The maximum atomic E-state index is 12.8. The van der Waals surface area contributed by atoms with Gasteiger partial charge in [0.25, 0.3) is 0 Å². The third-order valence-corrected chi connectivity index (χ3v) is 6.39. The average Bonchev–Trinajstić information content (AvgIpc) is 3.32. The molecule has 1 atom stereocenters. The molecule has 2 heterocycles. The zero-order chi connectivity index (χ0) is 25.5. The summed E-state index contributed by atoms with van der Waals surface area (Å²) in [5.41, 5.74) is 1.63. The van der Waals surface area contributed by atoms with Crippen molar-refractivity contribution in [1.29, 1.82) is 0 Å². The Labute approximate surface area is 211 Å². The molecule has 0 bridgehead atoms. The van der Waals surface area contributed by atoms with E-state index < -0.39 is 11.9 Å². The summed E-state index contributed by atoms with van der Waals surface area (Å²) in [7, 11) is 2.54. The van der Waals surface area contributed by atoms with Crippen LogP contribution in [0.1, 0.15) is 47.0 Å². The summed E-state index contributed by atoms with van der Waals surface area (Å²) in [6.07, 6.45) is 3.50. The number of benzene rings is 2. The second-order valence-electron chi connectivity index (χ2n) is 9.08. The molecule has 0 spiro atoms. The molecular formula is C28H33N3O5. The van der Waals surface area contributed by atoms with Gasteiger partial charge in [0.2, 0.25) is 0 Å². The molecule has 1 saturated heterocycles. The van der Waals surface area contributed by atoms with Gasteiger partial charge in [-0.2, -0.15) is 5.10 Å². The van der Waals surface area contributed by atoms with Crippen molar-refractivity contribution >= 4 is 11.9 Å². The third kappa shape index (κ3) is 5.76. The number of nitrogens with zero attached hydrogens (tertiary/aromatic N) is 3. The predicted octanol–water partition coefficient (Wildman–Crippen LogP) is 4.61. The molecule has 1 aliphatic heterocycles. The van der Waals surface area contributed by atoms with Gasteiger partial charge >= 0.3 is 11.9 Å². The quantitative estimate of drug-likeness (QED) is 0.319. The summed E-state index contributed by atoms with van der Waals surface area (Å²) in [4.78, 5) is 28.1. The SMILES string of the molecule is COC(=O)c1c(-c2cccc(OCCCN3CCCC(C)C3)c2)nn(-c2ccccc2)c1C(=O)OC. The van der Waals surface area contributed by atoms with Crippen LogP contribution in [0.3, 0.4) is 0 Å². The molecule has 1 aliphatic rings. The zero-order valence-corrected chi connectivity index (χ0v) is 21.1. The van der Waals surface area contributed by atoms with Crippen molar-refractivity contribution < 1.29 is 23.8 Å². The molecule has 36 heavy (non-hydrogen) atoms. The summed E-state index contributed by atoms with van der Waals surface area (Å²) >= 11 is 0. The molecule has 0 amide bonds. The van der Waals surface area contributed by atoms with Gasteiger partial charge < -0.3 is 19.1 Å². The number of hydrogen-bond acceptors (Lipinski definition) is 7. The molecule has 8 heteroatoms. The first-order valence-electron chi connectivity index (χ1n) is 12.3. The van der Waals surface area contributed by atoms with Crippen molar-refractivity contribution in [2.75, 3.05) is 40.5 Å². The Bertz CT molecular complexity index is 1190. The standard InChI is InChI=1S/C28H33N3O5/c1-20-10-8-15-30(19-20)16-9-17-36-23-14-7-11-21(18-23)25-24(27(32)34-2)26(28(33)35-3)31(29-25)22-12-5-4-6-13-22/h4-7,11-14,18,20H,8-10,15-17,19H2,1-3H3. The van der Waals surface area contributed by atoms with Gasteiger partial charge in [-0.05, 0) is 56.0 Å². The fraction of sp³-hybridized carbons (Fsp3) is 0.393. The molecule has 1 aromatic heterocycles. The number of ether oxygens (including phenoxy) is 3. The number of aromatic nitrogens is 2. The van der Waals surface area contributed by atoms with Crippen LogP contribution in [0.2, 0.25) is 0 Å². The Balaban J connectivity index is 1.60. The van der Waals surface area contributed by atoms with Crippen LogP contribution in [0.25, 0.3) is 16.9 Å². The van der Waals surface area contributed by atoms with E-state index in [2.05, 4.69) is 16.9 Å². The molecule has 2 aromatic carbocycles. The van der Waals surface area contributed by atoms with E-state index in [4.69, 9.17) is 14.2 Å². The highest BCUT2D eigenvalue weighted by molar-refractivity contribution is 6.06. The van der Waals surface area contributed by atoms with Crippen molar-refractivity contribution in [2.24, 2.45) is 5.92 Å². The normalized spacial score (nSPS) is 15.9. The van der Waals surface area contributed by atoms with Crippen LogP contribution >= 0.6 is 0 Å². The van der Waals surface area contributed by atoms with E-state index >= 15 is 0 Å². The number of likely N-dealkylation sites (tertiary alicyclic amines) is 1. The van der Waals surface area contributed by atoms with Crippen LogP contribution in [0.4, 0.5) is 0 Å². The summed E-state index contributed by atoms with van der Waals surface area (Å²) < 4.78 is 17.5. The van der Waals surface area contributed by atoms with Crippen molar-refractivity contribution in [1.82, 2.24) is 14.7 Å². The lowest BCUT2D eigenvalue weighted by Crippen LogP contribution is -2.35. The summed E-state index contributed by atoms with van der Waals surface area (Å²) in [5, 5.41) is 4.65. The van der Waals surface area contributed by atoms with Gasteiger partial charge in [-0.25, -0.2) is 14.3 Å². The fourth-order valence-electron chi connectivity index (χ4n) is 4.66. The van der Waals surface area contributed by atoms with Crippen LogP contribution in [0.5, 0.6) is 5.75 Å². The Kier molecular flexibility index (Phi) is 8.38. The lowest BCUT2D eigenvalue weighted by molar-refractivity contribution is 0.0549. The fourth-order valence-corrected chi connectivity index (χ4v) is 4.66. The number of hydrogen-bond donors (Lipinski definition) is 0. The first kappa shape index (κ1) is 25.4. The van der Waals surface area contributed by atoms with Gasteiger partial charge in [-0.1, -0.05) is 37.3 Å². The highest BCUT2D eigenvalue weighted by atomic mass is 16.5. The van der Waals surface area contributed by atoms with Crippen molar-refractivity contribution in [3.05, 3.63) is 65.9 Å². The van der Waals surface area contributed by atoms with Gasteiger partial charge in [0.1, 0.15) is 17.0 Å². The minimum absolute atomic E-state index is 0.00707. The monoisotopic (exact) mass is 491 g/mol. The molecule has 190 valence electrons. The number of carbonyl (C=O) groups is 2. The molecule has 3 aromatic rings. The maximum Gasteiger partial charge on any atom is 0.357 e. The third-order valence-electron chi connectivity index (χ3n) is 6.39. The Morgan fingerprint density at radius 2 is 1.81 bits per heavy atom. The number of para-hydroxylation sites is 1. The second kappa shape index (κ2) is 11.9. The van der Waals surface area contributed by atoms with Gasteiger partial charge in [0.05, 0.1) is 26.5 Å². The van der Waals surface area contributed by atoms with E-state index in [1.54, 1.807) is 12.1 Å². The molecule has 8 nitrogen and oxygen atoms in total. The molecular weight excluding hydrogens is 458 g/mol. The lowest BCUT2D eigenvalue weighted by atomic mass is 10.0. The molecule has 0 radical (unpaired) electrons. The number of esters is 2. The van der Waals surface area contributed by atoms with Gasteiger partial charge in [-0.15, -0.1) is 0 Å². The average molecular weight is 492 g/mol. The highest BCUT2D eigenvalue weighted by Gasteiger charge is 2.31. The van der Waals surface area contributed by atoms with Crippen LogP contribution in [-0.2, 0) is 9.47 Å². The maximum absolute atomic E-state index is 12.8. The number of piperidine rings is 1. The number of carbonyl (C=O) groups excluding carboxylic acids is 2. The van der Waals surface area contributed by atoms with Gasteiger partial charge in [-0.3, -0.25) is 0 Å². The Morgan fingerprint density at radius 3 is 2.53 bits per heavy atom. The summed E-state index contributed by atoms with van der Waals surface area (Å²) in [6, 6.07) is 16.5. The molecule has 1 unspecified atom stereocenters. The van der Waals surface area contributed by atoms with E-state index in [-0.39, 0.29) is 11.3 Å². The lowest BCUT2D eigenvalue weighted by Gasteiger charge is -2.30. The van der Waals surface area contributed by atoms with Gasteiger partial charge in [0, 0.05) is 18.7 Å². The first-order valence-corrected chi connectivity index (χ1v) is 12.3. The number of methoxy groups -OCH3 is 2. The smallest absolute Gasteiger partial charge is 0.357 e. The van der Waals surface area contributed by atoms with Gasteiger partial charge in [0.15, 0.2) is 5.69 Å². The van der Waals surface area contributed by atoms with E-state index in [9.17, 15) is 9.59 Å². The van der Waals surface area contributed by atoms with E-state index in [1.165, 1.54) is 31.7 Å². The zero-order valence-electron chi connectivity index (χ0n) is 21.1. The van der Waals surface area contributed by atoms with Crippen LogP contribution in [-0.4, -0.2) is 67.1 Å². The molecule has 1 fully saturated rings. The van der Waals surface area contributed by atoms with E-state index in [0.29, 0.717) is 29.3 Å². The van der Waals surface area contributed by atoms with Crippen molar-refractivity contribution in [2.45, 2.75) is 26.2 Å². The molecule has 0 saturated carbocycles. The van der Waals surface area contributed by atoms with Crippen molar-refractivity contribution in [3.8, 4) is 22.7 Å². The van der Waals surface area contributed by atoms with E-state index in [1.807, 2.05) is 42.5 Å². The molecule has 0 N–H and O–H groups in total. The largest absolute Gasteiger partial charge is 0.494 e.